The van der Waals surface area contributed by atoms with Gasteiger partial charge in [-0.25, -0.2) is 4.98 Å². The smallest absolute Gasteiger partial charge is 0.124 e. The van der Waals surface area contributed by atoms with Crippen molar-refractivity contribution in [2.45, 2.75) is 38.3 Å². The molecule has 2 aromatic heterocycles. The van der Waals surface area contributed by atoms with E-state index in [9.17, 15) is 0 Å². The molecule has 1 atom stereocenters. The van der Waals surface area contributed by atoms with Crippen molar-refractivity contribution in [1.29, 1.82) is 0 Å². The standard InChI is InChI=1S/C17H23N3S2/c1-2-16(18-6-1)13-3-7-20(8-4-13)10-15-12-22-17(19-15)14-5-9-21-11-14/h5,9,11-13,16,18H,1-4,6-8,10H2. The molecule has 1 N–H and O–H groups in total. The van der Waals surface area contributed by atoms with E-state index in [2.05, 4.69) is 32.4 Å². The third-order valence-electron chi connectivity index (χ3n) is 5.01. The molecular formula is C17H23N3S2. The topological polar surface area (TPSA) is 28.2 Å². The quantitative estimate of drug-likeness (QED) is 0.921. The van der Waals surface area contributed by atoms with E-state index >= 15 is 0 Å². The van der Waals surface area contributed by atoms with Crippen molar-refractivity contribution in [1.82, 2.24) is 15.2 Å². The van der Waals surface area contributed by atoms with Gasteiger partial charge in [-0.2, -0.15) is 11.3 Å². The number of piperidine rings is 1. The monoisotopic (exact) mass is 333 g/mol. The van der Waals surface area contributed by atoms with E-state index in [1.165, 1.54) is 61.6 Å². The summed E-state index contributed by atoms with van der Waals surface area (Å²) in [5.74, 6) is 0.899. The maximum Gasteiger partial charge on any atom is 0.124 e. The maximum atomic E-state index is 4.81. The Bertz CT molecular complexity index is 579. The lowest BCUT2D eigenvalue weighted by molar-refractivity contribution is 0.156. The van der Waals surface area contributed by atoms with Gasteiger partial charge in [-0.3, -0.25) is 4.90 Å². The molecule has 0 saturated carbocycles. The first-order valence-corrected chi connectivity index (χ1v) is 10.1. The van der Waals surface area contributed by atoms with E-state index in [4.69, 9.17) is 4.98 Å². The van der Waals surface area contributed by atoms with Gasteiger partial charge >= 0.3 is 0 Å². The highest BCUT2D eigenvalue weighted by Crippen LogP contribution is 2.28. The summed E-state index contributed by atoms with van der Waals surface area (Å²) in [5, 5.41) is 11.4. The van der Waals surface area contributed by atoms with Gasteiger partial charge in [0, 0.05) is 28.9 Å². The third-order valence-corrected chi connectivity index (χ3v) is 6.63. The number of nitrogens with zero attached hydrogens (tertiary/aromatic N) is 2. The molecule has 2 saturated heterocycles. The highest BCUT2D eigenvalue weighted by molar-refractivity contribution is 7.14. The van der Waals surface area contributed by atoms with Crippen LogP contribution in [0.2, 0.25) is 0 Å². The zero-order valence-electron chi connectivity index (χ0n) is 12.8. The number of rotatable bonds is 4. The first kappa shape index (κ1) is 14.8. The lowest BCUT2D eigenvalue weighted by Gasteiger charge is -2.34. The molecule has 3 nitrogen and oxygen atoms in total. The number of hydrogen-bond donors (Lipinski definition) is 1. The fourth-order valence-corrected chi connectivity index (χ4v) is 5.28. The van der Waals surface area contributed by atoms with Crippen LogP contribution in [0.15, 0.2) is 22.2 Å². The average molecular weight is 334 g/mol. The van der Waals surface area contributed by atoms with Crippen LogP contribution in [0.1, 0.15) is 31.4 Å². The molecule has 0 bridgehead atoms. The van der Waals surface area contributed by atoms with Gasteiger partial charge < -0.3 is 5.32 Å². The minimum absolute atomic E-state index is 0.798. The van der Waals surface area contributed by atoms with Crippen LogP contribution in [0.4, 0.5) is 0 Å². The van der Waals surface area contributed by atoms with Gasteiger partial charge in [-0.15, -0.1) is 11.3 Å². The molecule has 118 valence electrons. The SMILES string of the molecule is c1cc(-c2nc(CN3CCC(C4CCCN4)CC3)cs2)cs1. The van der Waals surface area contributed by atoms with Crippen LogP contribution in [0.25, 0.3) is 10.6 Å². The molecular weight excluding hydrogens is 310 g/mol. The lowest BCUT2D eigenvalue weighted by Crippen LogP contribution is -2.40. The largest absolute Gasteiger partial charge is 0.314 e. The second kappa shape index (κ2) is 6.79. The first-order chi connectivity index (χ1) is 10.9. The van der Waals surface area contributed by atoms with E-state index in [0.717, 1.165) is 18.5 Å². The summed E-state index contributed by atoms with van der Waals surface area (Å²) in [6.45, 7) is 4.71. The van der Waals surface area contributed by atoms with Crippen molar-refractivity contribution < 1.29 is 0 Å². The van der Waals surface area contributed by atoms with Crippen molar-refractivity contribution in [3.8, 4) is 10.6 Å². The predicted molar refractivity (Wildman–Crippen MR) is 94.5 cm³/mol. The fourth-order valence-electron chi connectivity index (χ4n) is 3.75. The normalized spacial score (nSPS) is 24.1. The Balaban J connectivity index is 1.31. The summed E-state index contributed by atoms with van der Waals surface area (Å²) in [4.78, 5) is 7.40. The van der Waals surface area contributed by atoms with Gasteiger partial charge in [-0.05, 0) is 62.7 Å². The molecule has 0 aromatic carbocycles. The van der Waals surface area contributed by atoms with Crippen LogP contribution in [0.3, 0.4) is 0 Å². The summed E-state index contributed by atoms with van der Waals surface area (Å²) in [6, 6.07) is 2.96. The van der Waals surface area contributed by atoms with E-state index < -0.39 is 0 Å². The summed E-state index contributed by atoms with van der Waals surface area (Å²) in [5.41, 5.74) is 2.51. The zero-order chi connectivity index (χ0) is 14.8. The van der Waals surface area contributed by atoms with Gasteiger partial charge in [0.25, 0.3) is 0 Å². The molecule has 2 fully saturated rings. The second-order valence-electron chi connectivity index (χ2n) is 6.47. The Morgan fingerprint density at radius 2 is 2.14 bits per heavy atom. The second-order valence-corrected chi connectivity index (χ2v) is 8.11. The number of aromatic nitrogens is 1. The fraction of sp³-hybridized carbons (Fsp3) is 0.588. The summed E-state index contributed by atoms with van der Waals surface area (Å²) in [6.07, 6.45) is 5.45. The Labute approximate surface area is 140 Å². The van der Waals surface area contributed by atoms with E-state index in [-0.39, 0.29) is 0 Å². The molecule has 0 aliphatic carbocycles. The van der Waals surface area contributed by atoms with Crippen LogP contribution in [-0.2, 0) is 6.54 Å². The van der Waals surface area contributed by atoms with Crippen molar-refractivity contribution >= 4 is 22.7 Å². The maximum absolute atomic E-state index is 4.81. The van der Waals surface area contributed by atoms with E-state index in [0.29, 0.717) is 0 Å². The van der Waals surface area contributed by atoms with Crippen LogP contribution in [-0.4, -0.2) is 35.6 Å². The predicted octanol–water partition coefficient (Wildman–Crippen LogP) is 3.84. The highest BCUT2D eigenvalue weighted by Gasteiger charge is 2.28. The third kappa shape index (κ3) is 3.27. The van der Waals surface area contributed by atoms with Gasteiger partial charge in [0.2, 0.25) is 0 Å². The summed E-state index contributed by atoms with van der Waals surface area (Å²) >= 11 is 3.52. The van der Waals surface area contributed by atoms with Crippen LogP contribution in [0.5, 0.6) is 0 Å². The molecule has 2 aromatic rings. The van der Waals surface area contributed by atoms with Gasteiger partial charge in [0.15, 0.2) is 0 Å². The molecule has 0 amide bonds. The van der Waals surface area contributed by atoms with Crippen molar-refractivity contribution in [3.63, 3.8) is 0 Å². The molecule has 22 heavy (non-hydrogen) atoms. The van der Waals surface area contributed by atoms with Crippen LogP contribution in [0, 0.1) is 5.92 Å². The number of likely N-dealkylation sites (tertiary alicyclic amines) is 1. The Kier molecular flexibility index (Phi) is 4.57. The summed E-state index contributed by atoms with van der Waals surface area (Å²) in [7, 11) is 0. The first-order valence-electron chi connectivity index (χ1n) is 8.31. The minimum Gasteiger partial charge on any atom is -0.314 e. The lowest BCUT2D eigenvalue weighted by atomic mass is 9.88. The molecule has 2 aliphatic rings. The minimum atomic E-state index is 0.798. The number of thiophene rings is 1. The molecule has 5 heteroatoms. The Hall–Kier alpha value is -0.750. The van der Waals surface area contributed by atoms with Crippen molar-refractivity contribution in [3.05, 3.63) is 27.9 Å². The molecule has 0 radical (unpaired) electrons. The number of hydrogen-bond acceptors (Lipinski definition) is 5. The highest BCUT2D eigenvalue weighted by atomic mass is 32.1. The molecule has 4 heterocycles. The molecule has 1 unspecified atom stereocenters. The Morgan fingerprint density at radius 1 is 1.23 bits per heavy atom. The van der Waals surface area contributed by atoms with Gasteiger partial charge in [0.1, 0.15) is 5.01 Å². The number of nitrogens with one attached hydrogen (secondary N) is 1. The molecule has 2 aliphatic heterocycles. The average Bonchev–Trinajstić information content (AvgIpc) is 3.30. The summed E-state index contributed by atoms with van der Waals surface area (Å²) < 4.78 is 0. The molecule has 4 rings (SSSR count). The van der Waals surface area contributed by atoms with Gasteiger partial charge in [0.05, 0.1) is 5.69 Å². The van der Waals surface area contributed by atoms with E-state index in [1.54, 1.807) is 22.7 Å². The Morgan fingerprint density at radius 3 is 2.86 bits per heavy atom. The van der Waals surface area contributed by atoms with Crippen LogP contribution < -0.4 is 5.32 Å². The molecule has 0 spiro atoms. The van der Waals surface area contributed by atoms with Crippen molar-refractivity contribution in [2.24, 2.45) is 5.92 Å². The van der Waals surface area contributed by atoms with E-state index in [1.807, 2.05) is 0 Å². The number of thiazole rings is 1. The van der Waals surface area contributed by atoms with Crippen LogP contribution >= 0.6 is 22.7 Å². The zero-order valence-corrected chi connectivity index (χ0v) is 14.5. The van der Waals surface area contributed by atoms with Gasteiger partial charge in [-0.1, -0.05) is 0 Å². The van der Waals surface area contributed by atoms with Crippen molar-refractivity contribution in [2.75, 3.05) is 19.6 Å².